The van der Waals surface area contributed by atoms with Gasteiger partial charge >= 0.3 is 0 Å². The molecule has 2 fully saturated rings. The molecule has 3 aromatic carbocycles. The Hall–Kier alpha value is -4.03. The van der Waals surface area contributed by atoms with Gasteiger partial charge in [0.1, 0.15) is 12.4 Å². The molecule has 0 unspecified atom stereocenters. The summed E-state index contributed by atoms with van der Waals surface area (Å²) in [6.07, 6.45) is 4.09. The minimum Gasteiger partial charge on any atom is -0.399 e. The summed E-state index contributed by atoms with van der Waals surface area (Å²) in [7, 11) is -3.66. The minimum absolute atomic E-state index is 0.0220. The van der Waals surface area contributed by atoms with Crippen LogP contribution in [0.25, 0.3) is 17.2 Å². The fourth-order valence-electron chi connectivity index (χ4n) is 5.25. The van der Waals surface area contributed by atoms with Crippen LogP contribution in [-0.2, 0) is 26.3 Å². The van der Waals surface area contributed by atoms with Gasteiger partial charge in [-0.1, -0.05) is 36.4 Å². The van der Waals surface area contributed by atoms with Gasteiger partial charge in [0.15, 0.2) is 0 Å². The summed E-state index contributed by atoms with van der Waals surface area (Å²) in [5, 5.41) is 10.7. The predicted molar refractivity (Wildman–Crippen MR) is 165 cm³/mol. The maximum atomic E-state index is 13.7. The van der Waals surface area contributed by atoms with E-state index in [1.807, 2.05) is 42.5 Å². The van der Waals surface area contributed by atoms with Crippen molar-refractivity contribution in [1.82, 2.24) is 9.37 Å². The fourth-order valence-corrected chi connectivity index (χ4v) is 6.89. The Kier molecular flexibility index (Phi) is 8.06. The van der Waals surface area contributed by atoms with E-state index < -0.39 is 10.0 Å². The van der Waals surface area contributed by atoms with Gasteiger partial charge in [0, 0.05) is 48.9 Å². The monoisotopic (exact) mass is 601 g/mol. The van der Waals surface area contributed by atoms with E-state index in [1.54, 1.807) is 30.3 Å². The van der Waals surface area contributed by atoms with E-state index in [4.69, 9.17) is 16.3 Å². The van der Waals surface area contributed by atoms with Gasteiger partial charge in [-0.15, -0.1) is 0 Å². The Labute approximate surface area is 251 Å². The number of nitrogens with two attached hydrogens (primary N) is 2. The average Bonchev–Trinajstić information content (AvgIpc) is 3.80. The molecule has 1 saturated carbocycles. The maximum absolute atomic E-state index is 13.7. The molecule has 0 bridgehead atoms. The number of aliphatic hydroxyl groups is 1. The van der Waals surface area contributed by atoms with Gasteiger partial charge in [-0.3, -0.25) is 9.63 Å². The second-order valence-corrected chi connectivity index (χ2v) is 13.4. The number of nitrogens with zero attached hydrogens (tertiary/aromatic N) is 3. The highest BCUT2D eigenvalue weighted by molar-refractivity contribution is 7.89. The molecule has 2 heterocycles. The highest BCUT2D eigenvalue weighted by atomic mass is 32.2. The van der Waals surface area contributed by atoms with E-state index in [9.17, 15) is 18.3 Å². The van der Waals surface area contributed by atoms with E-state index in [-0.39, 0.29) is 36.4 Å². The van der Waals surface area contributed by atoms with Gasteiger partial charge < -0.3 is 16.6 Å². The standard InChI is InChI=1S/C32H35N5O5S/c33-28-5-1-3-22(11-28)20-42-37(18-21-7-8-21)32(39)27-12-26-10-9-25(14-30(26)35-31(34)15-27)24-4-2-6-29(13-24)43(40,41)36-16-23(17-36)19-38/h1-6,9-14,21,23,38H,7-8,15-20,33H2,(H2,34,35). The molecule has 5 N–H and O–H groups in total. The third-order valence-corrected chi connectivity index (χ3v) is 9.77. The van der Waals surface area contributed by atoms with E-state index in [2.05, 4.69) is 4.99 Å². The molecule has 224 valence electrons. The zero-order valence-corrected chi connectivity index (χ0v) is 24.5. The largest absolute Gasteiger partial charge is 0.399 e. The van der Waals surface area contributed by atoms with Crippen LogP contribution in [0, 0.1) is 11.8 Å². The van der Waals surface area contributed by atoms with Crippen LogP contribution in [0.2, 0.25) is 0 Å². The van der Waals surface area contributed by atoms with Gasteiger partial charge in [0.05, 0.1) is 17.1 Å². The topological polar surface area (TPSA) is 152 Å². The lowest BCUT2D eigenvalue weighted by Gasteiger charge is -2.36. The number of aliphatic imine (C=N–C) groups is 1. The zero-order chi connectivity index (χ0) is 30.1. The normalized spacial score (nSPS) is 17.3. The van der Waals surface area contributed by atoms with Crippen molar-refractivity contribution >= 4 is 39.2 Å². The highest BCUT2D eigenvalue weighted by Crippen LogP contribution is 2.35. The number of hydroxylamine groups is 2. The first kappa shape index (κ1) is 29.1. The molecule has 11 heteroatoms. The Morgan fingerprint density at radius 2 is 1.77 bits per heavy atom. The van der Waals surface area contributed by atoms with Crippen molar-refractivity contribution in [3.63, 3.8) is 0 Å². The first-order chi connectivity index (χ1) is 20.7. The summed E-state index contributed by atoms with van der Waals surface area (Å²) in [5.74, 6) is 0.434. The summed E-state index contributed by atoms with van der Waals surface area (Å²) < 4.78 is 27.6. The summed E-state index contributed by atoms with van der Waals surface area (Å²) >= 11 is 0. The Balaban J connectivity index is 1.24. The van der Waals surface area contributed by atoms with Crippen molar-refractivity contribution in [2.45, 2.75) is 30.8 Å². The van der Waals surface area contributed by atoms with Gasteiger partial charge in [0.25, 0.3) is 5.91 Å². The second-order valence-electron chi connectivity index (χ2n) is 11.4. The molecule has 3 aliphatic rings. The Morgan fingerprint density at radius 1 is 1.00 bits per heavy atom. The molecule has 10 nitrogen and oxygen atoms in total. The number of sulfonamides is 1. The molecule has 43 heavy (non-hydrogen) atoms. The number of aliphatic hydroxyl groups excluding tert-OH is 1. The molecule has 0 atom stereocenters. The Morgan fingerprint density at radius 3 is 2.51 bits per heavy atom. The van der Waals surface area contributed by atoms with E-state index in [1.165, 1.54) is 9.37 Å². The number of anilines is 1. The van der Waals surface area contributed by atoms with E-state index in [0.29, 0.717) is 53.9 Å². The highest BCUT2D eigenvalue weighted by Gasteiger charge is 2.36. The molecule has 1 aliphatic carbocycles. The molecule has 2 aliphatic heterocycles. The number of carbonyl (C=O) groups is 1. The van der Waals surface area contributed by atoms with E-state index >= 15 is 0 Å². The van der Waals surface area contributed by atoms with Crippen LogP contribution in [0.1, 0.15) is 30.4 Å². The molecule has 0 radical (unpaired) electrons. The van der Waals surface area contributed by atoms with Crippen molar-refractivity contribution in [3.8, 4) is 11.1 Å². The van der Waals surface area contributed by atoms with Crippen molar-refractivity contribution in [1.29, 1.82) is 0 Å². The number of amidine groups is 1. The molecule has 3 aromatic rings. The van der Waals surface area contributed by atoms with Crippen molar-refractivity contribution < 1.29 is 23.2 Å². The number of fused-ring (bicyclic) bond motifs is 1. The van der Waals surface area contributed by atoms with Crippen LogP contribution in [0.4, 0.5) is 11.4 Å². The van der Waals surface area contributed by atoms with Crippen LogP contribution in [0.3, 0.4) is 0 Å². The van der Waals surface area contributed by atoms with Gasteiger partial charge in [-0.2, -0.15) is 4.31 Å². The lowest BCUT2D eigenvalue weighted by Crippen LogP contribution is -2.51. The van der Waals surface area contributed by atoms with Gasteiger partial charge in [-0.25, -0.2) is 18.5 Å². The first-order valence-electron chi connectivity index (χ1n) is 14.4. The van der Waals surface area contributed by atoms with Crippen molar-refractivity contribution in [2.75, 3.05) is 32.0 Å². The van der Waals surface area contributed by atoms with Crippen LogP contribution in [-0.4, -0.2) is 60.9 Å². The molecule has 1 saturated heterocycles. The number of rotatable bonds is 10. The predicted octanol–water partition coefficient (Wildman–Crippen LogP) is 3.69. The number of amides is 1. The third kappa shape index (κ3) is 6.50. The molecular weight excluding hydrogens is 566 g/mol. The number of carbonyl (C=O) groups excluding carboxylic acids is 1. The van der Waals surface area contributed by atoms with Crippen LogP contribution < -0.4 is 11.5 Å². The molecule has 0 aromatic heterocycles. The van der Waals surface area contributed by atoms with Crippen LogP contribution in [0.5, 0.6) is 0 Å². The fraction of sp³-hybridized carbons (Fsp3) is 0.312. The van der Waals surface area contributed by atoms with Gasteiger partial charge in [0.2, 0.25) is 10.0 Å². The zero-order valence-electron chi connectivity index (χ0n) is 23.7. The number of hydrogen-bond donors (Lipinski definition) is 3. The lowest BCUT2D eigenvalue weighted by molar-refractivity contribution is -0.188. The summed E-state index contributed by atoms with van der Waals surface area (Å²) in [4.78, 5) is 24.5. The number of nitrogen functional groups attached to an aromatic ring is 1. The van der Waals surface area contributed by atoms with Gasteiger partial charge in [-0.05, 0) is 71.9 Å². The minimum atomic E-state index is -3.66. The van der Waals surface area contributed by atoms with Crippen LogP contribution in [0.15, 0.2) is 82.2 Å². The van der Waals surface area contributed by atoms with Crippen LogP contribution >= 0.6 is 0 Å². The molecular formula is C32H35N5O5S. The molecule has 0 spiro atoms. The quantitative estimate of drug-likeness (QED) is 0.237. The number of hydrogen-bond acceptors (Lipinski definition) is 8. The smallest absolute Gasteiger partial charge is 0.273 e. The van der Waals surface area contributed by atoms with Crippen molar-refractivity contribution in [2.24, 2.45) is 22.6 Å². The number of benzene rings is 3. The summed E-state index contributed by atoms with van der Waals surface area (Å²) in [5.41, 5.74) is 17.0. The summed E-state index contributed by atoms with van der Waals surface area (Å²) in [6, 6.07) is 19.8. The SMILES string of the molecule is NC1=Nc2cc(-c3cccc(S(=O)(=O)N4CC(CO)C4)c3)ccc2C=C(C(=O)N(CC2CC2)OCc2cccc(N)c2)C1. The van der Waals surface area contributed by atoms with E-state index in [0.717, 1.165) is 29.5 Å². The molecule has 6 rings (SSSR count). The van der Waals surface area contributed by atoms with Crippen molar-refractivity contribution in [3.05, 3.63) is 83.4 Å². The first-order valence-corrected chi connectivity index (χ1v) is 15.8. The lowest BCUT2D eigenvalue weighted by atomic mass is 10.0. The second kappa shape index (κ2) is 11.9. The summed E-state index contributed by atoms with van der Waals surface area (Å²) in [6.45, 7) is 1.32. The molecule has 1 amide bonds. The Bertz CT molecular complexity index is 1710. The third-order valence-electron chi connectivity index (χ3n) is 7.94. The maximum Gasteiger partial charge on any atom is 0.273 e. The average molecular weight is 602 g/mol.